The van der Waals surface area contributed by atoms with Crippen molar-refractivity contribution < 1.29 is 14.3 Å². The van der Waals surface area contributed by atoms with Crippen molar-refractivity contribution in [2.24, 2.45) is 0 Å². The molecular weight excluding hydrogens is 492 g/mol. The molecule has 0 unspecified atom stereocenters. The van der Waals surface area contributed by atoms with Crippen LogP contribution >= 0.6 is 15.9 Å². The third kappa shape index (κ3) is 6.60. The van der Waals surface area contributed by atoms with Crippen molar-refractivity contribution in [3.8, 4) is 5.75 Å². The fourth-order valence-electron chi connectivity index (χ4n) is 3.81. The quantitative estimate of drug-likeness (QED) is 0.392. The number of hydrogen-bond donors (Lipinski definition) is 1. The van der Waals surface area contributed by atoms with E-state index in [9.17, 15) is 9.59 Å². The number of fused-ring (bicyclic) bond motifs is 1. The van der Waals surface area contributed by atoms with Crippen LogP contribution in [0.3, 0.4) is 0 Å². The predicted octanol–water partition coefficient (Wildman–Crippen LogP) is 6.01. The van der Waals surface area contributed by atoms with Crippen LogP contribution in [-0.2, 0) is 16.1 Å². The maximum absolute atomic E-state index is 13.4. The molecule has 1 N–H and O–H groups in total. The smallest absolute Gasteiger partial charge is 0.261 e. The summed E-state index contributed by atoms with van der Waals surface area (Å²) in [5.74, 6) is 0.188. The molecule has 180 valence electrons. The first-order valence-electron chi connectivity index (χ1n) is 11.6. The van der Waals surface area contributed by atoms with Gasteiger partial charge in [0.25, 0.3) is 5.91 Å². The standard InChI is InChI=1S/C28H33BrN2O3/c1-6-23(27(33)30-28(3,4)5)31(17-20-13-11-19(2)12-14-20)25(32)18-34-24-16-15-21-9-7-8-10-22(21)26(24)29/h7-16,23H,6,17-18H2,1-5H3,(H,30,33)/t23-/m0/s1. The average molecular weight is 525 g/mol. The Morgan fingerprint density at radius 1 is 1.03 bits per heavy atom. The van der Waals surface area contributed by atoms with E-state index >= 15 is 0 Å². The Labute approximate surface area is 210 Å². The van der Waals surface area contributed by atoms with Gasteiger partial charge in [-0.3, -0.25) is 9.59 Å². The highest BCUT2D eigenvalue weighted by Gasteiger charge is 2.31. The van der Waals surface area contributed by atoms with Crippen LogP contribution in [0.25, 0.3) is 10.8 Å². The fourth-order valence-corrected chi connectivity index (χ4v) is 4.42. The number of hydrogen-bond acceptors (Lipinski definition) is 3. The number of ether oxygens (including phenoxy) is 1. The summed E-state index contributed by atoms with van der Waals surface area (Å²) in [7, 11) is 0. The van der Waals surface area contributed by atoms with Crippen molar-refractivity contribution >= 4 is 38.5 Å². The van der Waals surface area contributed by atoms with Gasteiger partial charge in [0.15, 0.2) is 6.61 Å². The van der Waals surface area contributed by atoms with Crippen molar-refractivity contribution in [2.75, 3.05) is 6.61 Å². The van der Waals surface area contributed by atoms with Crippen LogP contribution in [-0.4, -0.2) is 34.9 Å². The maximum atomic E-state index is 13.4. The summed E-state index contributed by atoms with van der Waals surface area (Å²) < 4.78 is 6.76. The van der Waals surface area contributed by atoms with E-state index in [1.165, 1.54) is 0 Å². The summed E-state index contributed by atoms with van der Waals surface area (Å²) in [5.41, 5.74) is 1.71. The highest BCUT2D eigenvalue weighted by Crippen LogP contribution is 2.33. The van der Waals surface area contributed by atoms with Crippen LogP contribution in [0.15, 0.2) is 65.1 Å². The van der Waals surface area contributed by atoms with Crippen molar-refractivity contribution in [3.05, 3.63) is 76.3 Å². The number of carbonyl (C=O) groups excluding carboxylic acids is 2. The van der Waals surface area contributed by atoms with Crippen molar-refractivity contribution in [1.29, 1.82) is 0 Å². The van der Waals surface area contributed by atoms with Crippen LogP contribution in [0.2, 0.25) is 0 Å². The normalized spacial score (nSPS) is 12.3. The van der Waals surface area contributed by atoms with E-state index < -0.39 is 11.6 Å². The van der Waals surface area contributed by atoms with E-state index in [2.05, 4.69) is 21.2 Å². The van der Waals surface area contributed by atoms with Crippen LogP contribution < -0.4 is 10.1 Å². The molecule has 6 heteroatoms. The molecule has 0 aliphatic heterocycles. The lowest BCUT2D eigenvalue weighted by atomic mass is 10.1. The second-order valence-electron chi connectivity index (χ2n) is 9.56. The third-order valence-corrected chi connectivity index (χ3v) is 6.35. The number of amides is 2. The van der Waals surface area contributed by atoms with E-state index in [0.29, 0.717) is 18.7 Å². The Balaban J connectivity index is 1.84. The van der Waals surface area contributed by atoms with Gasteiger partial charge in [-0.15, -0.1) is 0 Å². The second kappa shape index (κ2) is 11.0. The maximum Gasteiger partial charge on any atom is 0.261 e. The Kier molecular flexibility index (Phi) is 8.37. The third-order valence-electron chi connectivity index (χ3n) is 5.54. The Morgan fingerprint density at radius 3 is 2.35 bits per heavy atom. The van der Waals surface area contributed by atoms with Crippen LogP contribution in [0.5, 0.6) is 5.75 Å². The van der Waals surface area contributed by atoms with Gasteiger partial charge in [-0.05, 0) is 72.4 Å². The zero-order valence-electron chi connectivity index (χ0n) is 20.5. The molecule has 3 aromatic carbocycles. The summed E-state index contributed by atoms with van der Waals surface area (Å²) in [4.78, 5) is 28.2. The first kappa shape index (κ1) is 25.8. The van der Waals surface area contributed by atoms with Gasteiger partial charge in [0.2, 0.25) is 5.91 Å². The van der Waals surface area contributed by atoms with Gasteiger partial charge >= 0.3 is 0 Å². The van der Waals surface area contributed by atoms with Gasteiger partial charge in [-0.25, -0.2) is 0 Å². The molecule has 1 atom stereocenters. The lowest BCUT2D eigenvalue weighted by Gasteiger charge is -2.33. The molecule has 2 amide bonds. The number of halogens is 1. The van der Waals surface area contributed by atoms with Gasteiger partial charge in [0.1, 0.15) is 11.8 Å². The predicted molar refractivity (Wildman–Crippen MR) is 141 cm³/mol. The summed E-state index contributed by atoms with van der Waals surface area (Å²) in [6.07, 6.45) is 0.499. The Bertz CT molecular complexity index is 1150. The zero-order valence-corrected chi connectivity index (χ0v) is 22.1. The molecule has 0 bridgehead atoms. The van der Waals surface area contributed by atoms with Gasteiger partial charge in [-0.2, -0.15) is 0 Å². The minimum atomic E-state index is -0.600. The van der Waals surface area contributed by atoms with E-state index in [4.69, 9.17) is 4.74 Å². The monoisotopic (exact) mass is 524 g/mol. The van der Waals surface area contributed by atoms with Crippen LogP contribution in [0.1, 0.15) is 45.2 Å². The Hall–Kier alpha value is -2.86. The van der Waals surface area contributed by atoms with Gasteiger partial charge in [0, 0.05) is 12.1 Å². The first-order valence-corrected chi connectivity index (χ1v) is 12.4. The highest BCUT2D eigenvalue weighted by atomic mass is 79.9. The topological polar surface area (TPSA) is 58.6 Å². The molecule has 0 radical (unpaired) electrons. The Morgan fingerprint density at radius 2 is 1.71 bits per heavy atom. The molecule has 3 aromatic rings. The van der Waals surface area contributed by atoms with Crippen LogP contribution in [0, 0.1) is 6.92 Å². The van der Waals surface area contributed by atoms with Gasteiger partial charge < -0.3 is 15.0 Å². The summed E-state index contributed by atoms with van der Waals surface area (Å²) in [5, 5.41) is 5.12. The SMILES string of the molecule is CC[C@@H](C(=O)NC(C)(C)C)N(Cc1ccc(C)cc1)C(=O)COc1ccc2ccccc2c1Br. The number of aryl methyl sites for hydroxylation is 1. The van der Waals surface area contributed by atoms with E-state index in [-0.39, 0.29) is 18.4 Å². The van der Waals surface area contributed by atoms with E-state index in [0.717, 1.165) is 26.4 Å². The molecule has 0 saturated carbocycles. The molecular formula is C28H33BrN2O3. The summed E-state index contributed by atoms with van der Waals surface area (Å²) in [6.45, 7) is 9.91. The van der Waals surface area contributed by atoms with E-state index in [1.807, 2.05) is 95.3 Å². The number of rotatable bonds is 8. The lowest BCUT2D eigenvalue weighted by molar-refractivity contribution is -0.143. The molecule has 3 rings (SSSR count). The molecule has 34 heavy (non-hydrogen) atoms. The fraction of sp³-hybridized carbons (Fsp3) is 0.357. The molecule has 0 aromatic heterocycles. The number of nitrogens with zero attached hydrogens (tertiary/aromatic N) is 1. The van der Waals surface area contributed by atoms with Crippen molar-refractivity contribution in [1.82, 2.24) is 10.2 Å². The molecule has 0 heterocycles. The van der Waals surface area contributed by atoms with Gasteiger partial charge in [-0.1, -0.05) is 67.1 Å². The van der Waals surface area contributed by atoms with Crippen molar-refractivity contribution in [2.45, 2.75) is 59.2 Å². The zero-order chi connectivity index (χ0) is 24.9. The molecule has 0 aliphatic carbocycles. The van der Waals surface area contributed by atoms with Crippen molar-refractivity contribution in [3.63, 3.8) is 0 Å². The van der Waals surface area contributed by atoms with Gasteiger partial charge in [0.05, 0.1) is 4.47 Å². The molecule has 0 spiro atoms. The second-order valence-corrected chi connectivity index (χ2v) is 10.4. The molecule has 0 fully saturated rings. The average Bonchev–Trinajstić information content (AvgIpc) is 2.78. The minimum absolute atomic E-state index is 0.164. The molecule has 0 aliphatic rings. The number of nitrogens with one attached hydrogen (secondary N) is 1. The largest absolute Gasteiger partial charge is 0.483 e. The van der Waals surface area contributed by atoms with E-state index in [1.54, 1.807) is 4.90 Å². The first-order chi connectivity index (χ1) is 16.1. The number of benzene rings is 3. The van der Waals surface area contributed by atoms with Crippen LogP contribution in [0.4, 0.5) is 0 Å². The number of carbonyl (C=O) groups is 2. The molecule has 0 saturated heterocycles. The summed E-state index contributed by atoms with van der Waals surface area (Å²) in [6, 6.07) is 19.2. The lowest BCUT2D eigenvalue weighted by Crippen LogP contribution is -2.54. The summed E-state index contributed by atoms with van der Waals surface area (Å²) >= 11 is 3.61. The highest BCUT2D eigenvalue weighted by molar-refractivity contribution is 9.10. The minimum Gasteiger partial charge on any atom is -0.483 e. The molecule has 5 nitrogen and oxygen atoms in total.